The minimum Gasteiger partial charge on any atom is -0.481 e. The number of hydrogen-bond donors (Lipinski definition) is 2. The Morgan fingerprint density at radius 3 is 2.40 bits per heavy atom. The SMILES string of the molecule is CCC(CNC(=O)OCC1c2ccccc2-c2ccccc21)CC(=O)N1CCSCC1CC(=O)O. The van der Waals surface area contributed by atoms with E-state index in [4.69, 9.17) is 9.84 Å². The van der Waals surface area contributed by atoms with E-state index in [2.05, 4.69) is 29.6 Å². The Morgan fingerprint density at radius 2 is 1.77 bits per heavy atom. The molecule has 1 aliphatic carbocycles. The van der Waals surface area contributed by atoms with Gasteiger partial charge in [0.25, 0.3) is 0 Å². The van der Waals surface area contributed by atoms with Crippen LogP contribution in [0.1, 0.15) is 43.2 Å². The van der Waals surface area contributed by atoms with Crippen LogP contribution in [0.3, 0.4) is 0 Å². The highest BCUT2D eigenvalue weighted by Crippen LogP contribution is 2.44. The van der Waals surface area contributed by atoms with Gasteiger partial charge in [0, 0.05) is 36.9 Å². The third-order valence-corrected chi connectivity index (χ3v) is 7.97. The highest BCUT2D eigenvalue weighted by molar-refractivity contribution is 7.99. The molecule has 4 rings (SSSR count). The van der Waals surface area contributed by atoms with Crippen molar-refractivity contribution in [2.75, 3.05) is 31.2 Å². The number of hydrogen-bond acceptors (Lipinski definition) is 5. The number of nitrogens with zero attached hydrogens (tertiary/aromatic N) is 1. The Morgan fingerprint density at radius 1 is 1.11 bits per heavy atom. The summed E-state index contributed by atoms with van der Waals surface area (Å²) in [5, 5.41) is 12.0. The lowest BCUT2D eigenvalue weighted by Crippen LogP contribution is -2.48. The number of thioether (sulfide) groups is 1. The standard InChI is InChI=1S/C27H32N2O5S/c1-2-18(13-25(30)29-11-12-35-17-19(29)14-26(31)32)15-28-27(33)34-16-24-22-9-5-3-7-20(22)21-8-4-6-10-23(21)24/h3-10,18-19,24H,2,11-17H2,1H3,(H,28,33)(H,31,32). The van der Waals surface area contributed by atoms with Crippen LogP contribution in [0.4, 0.5) is 4.79 Å². The van der Waals surface area contributed by atoms with Gasteiger partial charge in [-0.2, -0.15) is 11.8 Å². The Bertz CT molecular complexity index is 1030. The Hall–Kier alpha value is -3.00. The summed E-state index contributed by atoms with van der Waals surface area (Å²) in [7, 11) is 0. The summed E-state index contributed by atoms with van der Waals surface area (Å²) >= 11 is 1.68. The second-order valence-electron chi connectivity index (χ2n) is 9.10. The molecule has 1 heterocycles. The van der Waals surface area contributed by atoms with Crippen molar-refractivity contribution in [2.24, 2.45) is 5.92 Å². The number of nitrogens with one attached hydrogen (secondary N) is 1. The first-order valence-corrected chi connectivity index (χ1v) is 13.3. The number of carboxylic acids is 1. The Kier molecular flexibility index (Phi) is 8.33. The molecular weight excluding hydrogens is 464 g/mol. The predicted molar refractivity (Wildman–Crippen MR) is 137 cm³/mol. The molecule has 2 aromatic carbocycles. The smallest absolute Gasteiger partial charge is 0.407 e. The zero-order valence-corrected chi connectivity index (χ0v) is 20.8. The molecule has 0 saturated carbocycles. The maximum atomic E-state index is 12.9. The summed E-state index contributed by atoms with van der Waals surface area (Å²) in [5.74, 6) is 0.489. The van der Waals surface area contributed by atoms with Crippen LogP contribution in [0.2, 0.25) is 0 Å². The largest absolute Gasteiger partial charge is 0.481 e. The first kappa shape index (κ1) is 25.1. The molecule has 2 aromatic rings. The molecule has 186 valence electrons. The number of aliphatic carboxylic acids is 1. The molecule has 1 saturated heterocycles. The van der Waals surface area contributed by atoms with Crippen molar-refractivity contribution in [1.29, 1.82) is 0 Å². The summed E-state index contributed by atoms with van der Waals surface area (Å²) < 4.78 is 5.60. The molecule has 2 unspecified atom stereocenters. The van der Waals surface area contributed by atoms with Gasteiger partial charge in [-0.3, -0.25) is 9.59 Å². The van der Waals surface area contributed by atoms with E-state index < -0.39 is 12.1 Å². The second-order valence-corrected chi connectivity index (χ2v) is 10.2. The fourth-order valence-electron chi connectivity index (χ4n) is 4.96. The maximum absolute atomic E-state index is 12.9. The van der Waals surface area contributed by atoms with Crippen molar-refractivity contribution >= 4 is 29.7 Å². The lowest BCUT2D eigenvalue weighted by molar-refractivity contribution is -0.140. The lowest BCUT2D eigenvalue weighted by atomic mass is 9.98. The molecular formula is C27H32N2O5S. The van der Waals surface area contributed by atoms with Crippen LogP contribution < -0.4 is 5.32 Å². The quantitative estimate of drug-likeness (QED) is 0.536. The molecule has 1 fully saturated rings. The van der Waals surface area contributed by atoms with Crippen molar-refractivity contribution in [3.63, 3.8) is 0 Å². The van der Waals surface area contributed by atoms with Crippen LogP contribution >= 0.6 is 11.8 Å². The summed E-state index contributed by atoms with van der Waals surface area (Å²) in [6, 6.07) is 16.1. The molecule has 0 spiro atoms. The van der Waals surface area contributed by atoms with Crippen LogP contribution in [-0.4, -0.2) is 65.2 Å². The zero-order valence-electron chi connectivity index (χ0n) is 19.9. The van der Waals surface area contributed by atoms with Crippen LogP contribution in [0, 0.1) is 5.92 Å². The van der Waals surface area contributed by atoms with E-state index in [1.54, 1.807) is 16.7 Å². The van der Waals surface area contributed by atoms with E-state index in [1.165, 1.54) is 11.1 Å². The predicted octanol–water partition coefficient (Wildman–Crippen LogP) is 4.36. The molecule has 2 N–H and O–H groups in total. The van der Waals surface area contributed by atoms with Crippen molar-refractivity contribution in [3.05, 3.63) is 59.7 Å². The van der Waals surface area contributed by atoms with E-state index >= 15 is 0 Å². The normalized spacial score (nSPS) is 17.9. The fraction of sp³-hybridized carbons (Fsp3) is 0.444. The topological polar surface area (TPSA) is 95.9 Å². The second kappa shape index (κ2) is 11.6. The van der Waals surface area contributed by atoms with Crippen molar-refractivity contribution < 1.29 is 24.2 Å². The third kappa shape index (κ3) is 5.99. The first-order valence-electron chi connectivity index (χ1n) is 12.2. The van der Waals surface area contributed by atoms with Crippen LogP contribution in [-0.2, 0) is 14.3 Å². The van der Waals surface area contributed by atoms with E-state index in [0.717, 1.165) is 23.3 Å². The van der Waals surface area contributed by atoms with Gasteiger partial charge in [-0.15, -0.1) is 0 Å². The zero-order chi connectivity index (χ0) is 24.8. The molecule has 0 bridgehead atoms. The van der Waals surface area contributed by atoms with E-state index in [-0.39, 0.29) is 43.2 Å². The average molecular weight is 497 g/mol. The van der Waals surface area contributed by atoms with Gasteiger partial charge in [0.15, 0.2) is 0 Å². The summed E-state index contributed by atoms with van der Waals surface area (Å²) in [4.78, 5) is 38.3. The van der Waals surface area contributed by atoms with E-state index in [9.17, 15) is 14.4 Å². The number of carbonyl (C=O) groups is 3. The van der Waals surface area contributed by atoms with Gasteiger partial charge in [0.05, 0.1) is 12.5 Å². The maximum Gasteiger partial charge on any atom is 0.407 e. The van der Waals surface area contributed by atoms with E-state index in [0.29, 0.717) is 18.8 Å². The summed E-state index contributed by atoms with van der Waals surface area (Å²) in [5.41, 5.74) is 4.68. The van der Waals surface area contributed by atoms with Gasteiger partial charge >= 0.3 is 12.1 Å². The van der Waals surface area contributed by atoms with E-state index in [1.807, 2.05) is 31.2 Å². The molecule has 8 heteroatoms. The van der Waals surface area contributed by atoms with Crippen LogP contribution in [0.5, 0.6) is 0 Å². The summed E-state index contributed by atoms with van der Waals surface area (Å²) in [6.07, 6.45) is 0.478. The number of benzene rings is 2. The lowest BCUT2D eigenvalue weighted by Gasteiger charge is -2.35. The fourth-order valence-corrected chi connectivity index (χ4v) is 6.02. The Balaban J connectivity index is 1.29. The minimum atomic E-state index is -0.890. The van der Waals surface area contributed by atoms with Crippen molar-refractivity contribution in [1.82, 2.24) is 10.2 Å². The molecule has 0 aromatic heterocycles. The number of rotatable bonds is 9. The van der Waals surface area contributed by atoms with Gasteiger partial charge in [0.1, 0.15) is 6.61 Å². The highest BCUT2D eigenvalue weighted by atomic mass is 32.2. The van der Waals surface area contributed by atoms with Crippen LogP contribution in [0.15, 0.2) is 48.5 Å². The monoisotopic (exact) mass is 496 g/mol. The number of carbonyl (C=O) groups excluding carboxylic acids is 2. The molecule has 1 aliphatic heterocycles. The Labute approximate surface area is 210 Å². The third-order valence-electron chi connectivity index (χ3n) is 6.88. The number of amides is 2. The molecule has 35 heavy (non-hydrogen) atoms. The number of alkyl carbamates (subject to hydrolysis) is 1. The van der Waals surface area contributed by atoms with Gasteiger partial charge in [-0.1, -0.05) is 61.9 Å². The van der Waals surface area contributed by atoms with Gasteiger partial charge in [0.2, 0.25) is 5.91 Å². The number of carboxylic acid groups (broad SMARTS) is 1. The van der Waals surface area contributed by atoms with Gasteiger partial charge in [-0.25, -0.2) is 4.79 Å². The minimum absolute atomic E-state index is 0.000148. The molecule has 2 aliphatic rings. The number of fused-ring (bicyclic) bond motifs is 3. The molecule has 0 radical (unpaired) electrons. The average Bonchev–Trinajstić information content (AvgIpc) is 3.18. The van der Waals surface area contributed by atoms with Crippen molar-refractivity contribution in [2.45, 2.75) is 38.1 Å². The molecule has 2 atom stereocenters. The van der Waals surface area contributed by atoms with Gasteiger partial charge < -0.3 is 20.1 Å². The molecule has 7 nitrogen and oxygen atoms in total. The summed E-state index contributed by atoms with van der Waals surface area (Å²) in [6.45, 7) is 3.14. The van der Waals surface area contributed by atoms with Crippen molar-refractivity contribution in [3.8, 4) is 11.1 Å². The molecule has 2 amide bonds. The van der Waals surface area contributed by atoms with Crippen LogP contribution in [0.25, 0.3) is 11.1 Å². The highest BCUT2D eigenvalue weighted by Gasteiger charge is 2.31. The number of ether oxygens (including phenoxy) is 1. The first-order chi connectivity index (χ1) is 17.0. The van der Waals surface area contributed by atoms with Gasteiger partial charge in [-0.05, 0) is 28.2 Å².